The number of hydrogen-bond donors (Lipinski definition) is 13. The molecule has 0 radical (unpaired) electrons. The fourth-order valence-electron chi connectivity index (χ4n) is 5.45. The Kier molecular flexibility index (Phi) is 13.1. The number of rotatable bonds is 12. The van der Waals surface area contributed by atoms with Crippen LogP contribution < -0.4 is 10.6 Å². The van der Waals surface area contributed by atoms with E-state index in [-0.39, 0.29) is 0 Å². The summed E-state index contributed by atoms with van der Waals surface area (Å²) in [5, 5.41) is 117. The summed E-state index contributed by atoms with van der Waals surface area (Å²) in [4.78, 5) is 36.0. The summed E-state index contributed by atoms with van der Waals surface area (Å²) >= 11 is 0. The number of aliphatic carboxylic acids is 1. The normalized spacial score (nSPS) is 42.9. The summed E-state index contributed by atoms with van der Waals surface area (Å²) in [5.74, 6) is -6.18. The number of carboxylic acids is 1. The second-order valence-electron chi connectivity index (χ2n) is 11.3. The monoisotopic (exact) mass is 674 g/mol. The van der Waals surface area contributed by atoms with Crippen LogP contribution in [-0.2, 0) is 38.1 Å². The van der Waals surface area contributed by atoms with E-state index in [9.17, 15) is 70.6 Å². The molecule has 2 amide bonds. The minimum Gasteiger partial charge on any atom is -0.477 e. The molecule has 3 saturated heterocycles. The van der Waals surface area contributed by atoms with Gasteiger partial charge in [-0.2, -0.15) is 0 Å². The number of amides is 2. The van der Waals surface area contributed by atoms with Crippen molar-refractivity contribution in [2.24, 2.45) is 0 Å². The average Bonchev–Trinajstić information content (AvgIpc) is 2.99. The van der Waals surface area contributed by atoms with Crippen LogP contribution in [0.15, 0.2) is 0 Å². The largest absolute Gasteiger partial charge is 0.477 e. The quantitative estimate of drug-likeness (QED) is 0.0913. The predicted octanol–water partition coefficient (Wildman–Crippen LogP) is -8.08. The molecule has 0 aromatic carbocycles. The standard InChI is InChI=1S/C25H42N2O19/c1-7(30)26-13-9(32)3-25(24(40)41,46-21(13)15(34)10(33)4-28)42-6-12-17(36)20(14(22(39)43-12)27-8(2)31)45-23-19(38)18(37)16(35)11(5-29)44-23/h9-23,28-29,32-39H,3-6H2,1-2H3,(H,26,30)(H,27,31)(H,40,41)/t9-,10-,11+,12+,13-,14+,15-,16+,17-,18+,19+,20-,21-,22-,23+,25-/m1/s1. The van der Waals surface area contributed by atoms with Gasteiger partial charge in [0.05, 0.1) is 32.0 Å². The van der Waals surface area contributed by atoms with Crippen molar-refractivity contribution in [3.05, 3.63) is 0 Å². The Labute approximate surface area is 260 Å². The third-order valence-electron chi connectivity index (χ3n) is 7.87. The van der Waals surface area contributed by atoms with Crippen LogP contribution in [0.2, 0.25) is 0 Å². The highest BCUT2D eigenvalue weighted by Gasteiger charge is 2.57. The highest BCUT2D eigenvalue weighted by molar-refractivity contribution is 5.76. The summed E-state index contributed by atoms with van der Waals surface area (Å²) in [6.07, 6.45) is -24.8. The highest BCUT2D eigenvalue weighted by atomic mass is 16.7. The highest BCUT2D eigenvalue weighted by Crippen LogP contribution is 2.35. The topological polar surface area (TPSA) is 344 Å². The van der Waals surface area contributed by atoms with E-state index in [0.29, 0.717) is 0 Å². The van der Waals surface area contributed by atoms with Gasteiger partial charge >= 0.3 is 5.97 Å². The van der Waals surface area contributed by atoms with E-state index >= 15 is 0 Å². The molecule has 21 heteroatoms. The van der Waals surface area contributed by atoms with E-state index in [1.807, 2.05) is 0 Å². The number of nitrogens with one attached hydrogen (secondary N) is 2. The van der Waals surface area contributed by atoms with E-state index < -0.39 is 142 Å². The molecule has 3 aliphatic rings. The molecule has 21 nitrogen and oxygen atoms in total. The Morgan fingerprint density at radius 1 is 0.870 bits per heavy atom. The minimum atomic E-state index is -2.84. The van der Waals surface area contributed by atoms with Gasteiger partial charge in [-0.25, -0.2) is 4.79 Å². The smallest absolute Gasteiger partial charge is 0.364 e. The molecule has 13 N–H and O–H groups in total. The van der Waals surface area contributed by atoms with Gasteiger partial charge in [0, 0.05) is 20.3 Å². The molecule has 0 saturated carbocycles. The molecule has 3 heterocycles. The number of ether oxygens (including phenoxy) is 5. The third-order valence-corrected chi connectivity index (χ3v) is 7.87. The zero-order valence-corrected chi connectivity index (χ0v) is 24.7. The molecule has 0 spiro atoms. The first-order chi connectivity index (χ1) is 21.5. The van der Waals surface area contributed by atoms with Gasteiger partial charge in [0.2, 0.25) is 11.8 Å². The second kappa shape index (κ2) is 15.8. The molecular weight excluding hydrogens is 632 g/mol. The van der Waals surface area contributed by atoms with Crippen LogP contribution in [0.25, 0.3) is 0 Å². The van der Waals surface area contributed by atoms with E-state index in [0.717, 1.165) is 13.8 Å². The van der Waals surface area contributed by atoms with Crippen LogP contribution in [0.4, 0.5) is 0 Å². The van der Waals surface area contributed by atoms with Gasteiger partial charge in [-0.05, 0) is 0 Å². The average molecular weight is 675 g/mol. The van der Waals surface area contributed by atoms with Crippen LogP contribution in [-0.4, -0.2) is 191 Å². The molecule has 3 fully saturated rings. The molecule has 0 aromatic rings. The van der Waals surface area contributed by atoms with Gasteiger partial charge in [0.15, 0.2) is 12.6 Å². The second-order valence-corrected chi connectivity index (χ2v) is 11.3. The summed E-state index contributed by atoms with van der Waals surface area (Å²) < 4.78 is 27.2. The van der Waals surface area contributed by atoms with E-state index in [2.05, 4.69) is 10.6 Å². The molecule has 0 aromatic heterocycles. The van der Waals surface area contributed by atoms with Crippen molar-refractivity contribution < 1.29 is 94.2 Å². The molecular formula is C25H42N2O19. The number of carbonyl (C=O) groups is 3. The molecule has 16 atom stereocenters. The van der Waals surface area contributed by atoms with Gasteiger partial charge < -0.3 is 90.5 Å². The number of aliphatic hydroxyl groups excluding tert-OH is 10. The Morgan fingerprint density at radius 2 is 1.48 bits per heavy atom. The van der Waals surface area contributed by atoms with Crippen LogP contribution >= 0.6 is 0 Å². The van der Waals surface area contributed by atoms with Crippen molar-refractivity contribution in [1.82, 2.24) is 10.6 Å². The fraction of sp³-hybridized carbons (Fsp3) is 0.880. The molecule has 3 aliphatic heterocycles. The predicted molar refractivity (Wildman–Crippen MR) is 142 cm³/mol. The van der Waals surface area contributed by atoms with Crippen molar-refractivity contribution in [1.29, 1.82) is 0 Å². The van der Waals surface area contributed by atoms with Gasteiger partial charge in [0.25, 0.3) is 5.79 Å². The molecule has 0 aliphatic carbocycles. The van der Waals surface area contributed by atoms with Crippen molar-refractivity contribution in [3.63, 3.8) is 0 Å². The fourth-order valence-corrected chi connectivity index (χ4v) is 5.45. The summed E-state index contributed by atoms with van der Waals surface area (Å²) in [6, 6.07) is -3.06. The lowest BCUT2D eigenvalue weighted by molar-refractivity contribution is -0.351. The molecule has 0 unspecified atom stereocenters. The van der Waals surface area contributed by atoms with Gasteiger partial charge in [-0.3, -0.25) is 9.59 Å². The number of hydrogen-bond acceptors (Lipinski definition) is 18. The lowest BCUT2D eigenvalue weighted by Gasteiger charge is -2.48. The Hall–Kier alpha value is -2.19. The number of carboxylic acid groups (broad SMARTS) is 1. The molecule has 0 bridgehead atoms. The van der Waals surface area contributed by atoms with E-state index in [1.165, 1.54) is 0 Å². The van der Waals surface area contributed by atoms with E-state index in [4.69, 9.17) is 23.7 Å². The Balaban J connectivity index is 1.87. The SMILES string of the molecule is CC(=O)N[C@H]1[C@H]([C@H](O)[C@H](O)CO)O[C@@](OC[C@@H]2O[C@@H](O)[C@@H](NC(C)=O)[C@@H](O[C@@H]3O[C@@H](CO)[C@H](O)[C@H](O)[C@@H]3O)[C@@H]2O)(C(=O)O)C[C@H]1O. The van der Waals surface area contributed by atoms with Crippen molar-refractivity contribution in [2.75, 3.05) is 19.8 Å². The van der Waals surface area contributed by atoms with Crippen LogP contribution in [0.3, 0.4) is 0 Å². The minimum absolute atomic E-state index is 0.723. The maximum absolute atomic E-state index is 12.5. The third kappa shape index (κ3) is 8.26. The van der Waals surface area contributed by atoms with Crippen LogP contribution in [0.1, 0.15) is 20.3 Å². The zero-order valence-electron chi connectivity index (χ0n) is 24.7. The Morgan fingerprint density at radius 3 is 2.02 bits per heavy atom. The first-order valence-electron chi connectivity index (χ1n) is 14.2. The zero-order chi connectivity index (χ0) is 34.7. The first kappa shape index (κ1) is 38.3. The number of carbonyl (C=O) groups excluding carboxylic acids is 2. The maximum Gasteiger partial charge on any atom is 0.364 e. The van der Waals surface area contributed by atoms with Crippen molar-refractivity contribution >= 4 is 17.8 Å². The lowest BCUT2D eigenvalue weighted by atomic mass is 9.88. The van der Waals surface area contributed by atoms with Gasteiger partial charge in [-0.15, -0.1) is 0 Å². The van der Waals surface area contributed by atoms with Crippen LogP contribution in [0, 0.1) is 0 Å². The maximum atomic E-state index is 12.5. The van der Waals surface area contributed by atoms with Crippen LogP contribution in [0.5, 0.6) is 0 Å². The molecule has 3 rings (SSSR count). The first-order valence-corrected chi connectivity index (χ1v) is 14.2. The summed E-state index contributed by atoms with van der Waals surface area (Å²) in [6.45, 7) is -0.705. The van der Waals surface area contributed by atoms with E-state index in [1.54, 1.807) is 0 Å². The lowest BCUT2D eigenvalue weighted by Crippen LogP contribution is -2.69. The van der Waals surface area contributed by atoms with Crippen molar-refractivity contribution in [2.45, 2.75) is 118 Å². The molecule has 266 valence electrons. The van der Waals surface area contributed by atoms with Crippen molar-refractivity contribution in [3.8, 4) is 0 Å². The van der Waals surface area contributed by atoms with Gasteiger partial charge in [-0.1, -0.05) is 0 Å². The Bertz CT molecular complexity index is 1050. The van der Waals surface area contributed by atoms with Gasteiger partial charge in [0.1, 0.15) is 67.1 Å². The summed E-state index contributed by atoms with van der Waals surface area (Å²) in [7, 11) is 0. The summed E-state index contributed by atoms with van der Waals surface area (Å²) in [5.41, 5.74) is 0. The number of aliphatic hydroxyl groups is 10. The molecule has 46 heavy (non-hydrogen) atoms.